The maximum Gasteiger partial charge on any atom is 0.417 e. The van der Waals surface area contributed by atoms with Crippen LogP contribution in [0.4, 0.5) is 23.7 Å². The molecule has 1 aromatic heterocycles. The Balaban J connectivity index is 1.27. The predicted molar refractivity (Wildman–Crippen MR) is 128 cm³/mol. The molecule has 2 aliphatic rings. The summed E-state index contributed by atoms with van der Waals surface area (Å²) in [4.78, 5) is 28.4. The van der Waals surface area contributed by atoms with Crippen molar-refractivity contribution >= 4 is 29.2 Å². The summed E-state index contributed by atoms with van der Waals surface area (Å²) in [6, 6.07) is 10.2. The van der Waals surface area contributed by atoms with E-state index in [-0.39, 0.29) is 34.9 Å². The molecular formula is C25H20ClF3N4O4. The van der Waals surface area contributed by atoms with Crippen LogP contribution in [-0.4, -0.2) is 34.6 Å². The van der Waals surface area contributed by atoms with Crippen LogP contribution < -0.4 is 20.7 Å². The predicted octanol–water partition coefficient (Wildman–Crippen LogP) is 5.29. The minimum absolute atomic E-state index is 0.0273. The quantitative estimate of drug-likeness (QED) is 0.345. The zero-order valence-corrected chi connectivity index (χ0v) is 19.9. The summed E-state index contributed by atoms with van der Waals surface area (Å²) in [5.41, 5.74) is -0.938. The minimum atomic E-state index is -4.65. The van der Waals surface area contributed by atoms with Crippen LogP contribution in [0.3, 0.4) is 0 Å². The number of urea groups is 1. The molecule has 2 fully saturated rings. The number of nitrogens with zero attached hydrogens (tertiary/aromatic N) is 1. The molecule has 3 aromatic rings. The van der Waals surface area contributed by atoms with Gasteiger partial charge in [0.1, 0.15) is 22.9 Å². The molecule has 4 N–H and O–H groups in total. The molecule has 0 unspecified atom stereocenters. The normalized spacial score (nSPS) is 21.4. The lowest BCUT2D eigenvalue weighted by atomic mass is 9.99. The fraction of sp³-hybridized carbons (Fsp3) is 0.240. The zero-order valence-electron chi connectivity index (χ0n) is 19.2. The van der Waals surface area contributed by atoms with Crippen LogP contribution in [0.15, 0.2) is 54.7 Å². The number of carbonyl (C=O) groups excluding carboxylic acids is 2. The van der Waals surface area contributed by atoms with Gasteiger partial charge in [-0.3, -0.25) is 9.78 Å². The number of phenols is 1. The first-order chi connectivity index (χ1) is 17.5. The van der Waals surface area contributed by atoms with Gasteiger partial charge in [-0.15, -0.1) is 0 Å². The Hall–Kier alpha value is -3.99. The Morgan fingerprint density at radius 1 is 1.14 bits per heavy atom. The molecule has 2 aromatic carbocycles. The highest BCUT2D eigenvalue weighted by Gasteiger charge is 2.80. The number of ether oxygens (including phenoxy) is 1. The van der Waals surface area contributed by atoms with Crippen LogP contribution in [0, 0.1) is 5.92 Å². The van der Waals surface area contributed by atoms with Crippen molar-refractivity contribution in [3.63, 3.8) is 0 Å². The Labute approximate surface area is 213 Å². The fourth-order valence-corrected chi connectivity index (χ4v) is 4.75. The van der Waals surface area contributed by atoms with E-state index in [1.165, 1.54) is 31.4 Å². The number of halogens is 4. The van der Waals surface area contributed by atoms with E-state index in [2.05, 4.69) is 20.9 Å². The van der Waals surface area contributed by atoms with Gasteiger partial charge in [-0.25, -0.2) is 4.79 Å². The summed E-state index contributed by atoms with van der Waals surface area (Å²) in [6.45, 7) is 0. The molecule has 3 atom stereocenters. The second-order valence-electron chi connectivity index (χ2n) is 8.88. The van der Waals surface area contributed by atoms with Crippen LogP contribution in [0.2, 0.25) is 5.02 Å². The van der Waals surface area contributed by atoms with E-state index >= 15 is 0 Å². The van der Waals surface area contributed by atoms with Gasteiger partial charge in [-0.2, -0.15) is 13.2 Å². The van der Waals surface area contributed by atoms with E-state index in [1.54, 1.807) is 18.2 Å². The van der Waals surface area contributed by atoms with Crippen molar-refractivity contribution in [1.82, 2.24) is 15.6 Å². The summed E-state index contributed by atoms with van der Waals surface area (Å²) < 4.78 is 45.2. The van der Waals surface area contributed by atoms with E-state index < -0.39 is 28.3 Å². The number of carbonyl (C=O) groups is 2. The number of aromatic nitrogens is 1. The monoisotopic (exact) mass is 532 g/mol. The third-order valence-electron chi connectivity index (χ3n) is 6.54. The summed E-state index contributed by atoms with van der Waals surface area (Å²) in [6.07, 6.45) is -2.55. The number of amides is 3. The number of alkyl halides is 3. The number of benzene rings is 2. The van der Waals surface area contributed by atoms with Crippen LogP contribution in [0.1, 0.15) is 34.0 Å². The molecule has 0 bridgehead atoms. The third kappa shape index (κ3) is 4.74. The molecule has 37 heavy (non-hydrogen) atoms. The molecule has 3 amide bonds. The molecular weight excluding hydrogens is 513 g/mol. The van der Waals surface area contributed by atoms with Crippen molar-refractivity contribution in [3.05, 3.63) is 76.6 Å². The summed E-state index contributed by atoms with van der Waals surface area (Å²) in [5.74, 6) is 0.342. The van der Waals surface area contributed by atoms with Gasteiger partial charge in [-0.05, 0) is 54.8 Å². The van der Waals surface area contributed by atoms with Crippen molar-refractivity contribution in [2.24, 2.45) is 5.92 Å². The molecule has 2 saturated carbocycles. The zero-order chi connectivity index (χ0) is 26.5. The number of phenolic OH excluding ortho intramolecular Hbond substituents is 1. The van der Waals surface area contributed by atoms with Gasteiger partial charge in [0.25, 0.3) is 5.91 Å². The minimum Gasteiger partial charge on any atom is -0.508 e. The lowest BCUT2D eigenvalue weighted by molar-refractivity contribution is -0.137. The van der Waals surface area contributed by atoms with Crippen LogP contribution in [0.25, 0.3) is 0 Å². The van der Waals surface area contributed by atoms with Crippen molar-refractivity contribution in [3.8, 4) is 17.2 Å². The summed E-state index contributed by atoms with van der Waals surface area (Å²) in [5, 5.41) is 17.7. The topological polar surface area (TPSA) is 113 Å². The Kier molecular flexibility index (Phi) is 5.90. The van der Waals surface area contributed by atoms with E-state index in [9.17, 15) is 27.9 Å². The van der Waals surface area contributed by atoms with E-state index in [0.29, 0.717) is 23.5 Å². The van der Waals surface area contributed by atoms with Crippen molar-refractivity contribution in [2.45, 2.75) is 24.1 Å². The van der Waals surface area contributed by atoms with Gasteiger partial charge in [0.2, 0.25) is 0 Å². The number of hydrogen-bond acceptors (Lipinski definition) is 5. The maximum atomic E-state index is 13.1. The standard InChI is InChI=1S/C25H20ClF3N4O4/c1-30-22(35)19-10-14(6-7-31-19)37-13-3-5-20(34)15(9-13)21-17-11-24(17,21)33-23(36)32-12-2-4-18(26)16(8-12)25(27,28)29/h2-10,17,21,34H,11H2,1H3,(H,30,35)(H2,32,33,36)/t17-,21+,24-/m0/s1. The summed E-state index contributed by atoms with van der Waals surface area (Å²) in [7, 11) is 1.49. The van der Waals surface area contributed by atoms with Gasteiger partial charge >= 0.3 is 12.2 Å². The number of pyridine rings is 1. The maximum absolute atomic E-state index is 13.1. The molecule has 1 heterocycles. The second kappa shape index (κ2) is 8.84. The Bertz CT molecular complexity index is 1420. The Morgan fingerprint density at radius 2 is 1.89 bits per heavy atom. The first-order valence-corrected chi connectivity index (χ1v) is 11.5. The molecule has 2 aliphatic carbocycles. The van der Waals surface area contributed by atoms with Gasteiger partial charge in [-0.1, -0.05) is 11.6 Å². The number of hydrogen-bond donors (Lipinski definition) is 4. The average molecular weight is 533 g/mol. The molecule has 192 valence electrons. The van der Waals surface area contributed by atoms with Gasteiger partial charge in [0.05, 0.1) is 16.1 Å². The molecule has 5 rings (SSSR count). The van der Waals surface area contributed by atoms with Crippen molar-refractivity contribution < 1.29 is 32.6 Å². The summed E-state index contributed by atoms with van der Waals surface area (Å²) >= 11 is 5.63. The smallest absolute Gasteiger partial charge is 0.417 e. The molecule has 0 radical (unpaired) electrons. The van der Waals surface area contributed by atoms with Crippen molar-refractivity contribution in [2.75, 3.05) is 12.4 Å². The highest BCUT2D eigenvalue weighted by Crippen LogP contribution is 2.77. The SMILES string of the molecule is CNC(=O)c1cc(Oc2ccc(O)c([C@@H]3[C@@H]4C[C@@]34NC(=O)Nc3ccc(Cl)c(C(F)(F)F)c3)c2)ccn1. The molecule has 0 spiro atoms. The van der Waals surface area contributed by atoms with Crippen LogP contribution >= 0.6 is 11.6 Å². The number of nitrogens with one attached hydrogen (secondary N) is 3. The third-order valence-corrected chi connectivity index (χ3v) is 6.87. The lowest BCUT2D eigenvalue weighted by Crippen LogP contribution is -2.36. The van der Waals surface area contributed by atoms with E-state index in [4.69, 9.17) is 16.3 Å². The fourth-order valence-electron chi connectivity index (χ4n) is 4.53. The van der Waals surface area contributed by atoms with Gasteiger partial charge in [0, 0.05) is 36.5 Å². The highest BCUT2D eigenvalue weighted by molar-refractivity contribution is 6.31. The molecule has 12 heteroatoms. The van der Waals surface area contributed by atoms with Crippen LogP contribution in [0.5, 0.6) is 17.2 Å². The first-order valence-electron chi connectivity index (χ1n) is 11.2. The van der Waals surface area contributed by atoms with Gasteiger partial charge < -0.3 is 25.8 Å². The van der Waals surface area contributed by atoms with Crippen LogP contribution in [-0.2, 0) is 6.18 Å². The molecule has 8 nitrogen and oxygen atoms in total. The first kappa shape index (κ1) is 24.7. The molecule has 0 aliphatic heterocycles. The molecule has 0 saturated heterocycles. The van der Waals surface area contributed by atoms with E-state index in [0.717, 1.165) is 12.1 Å². The van der Waals surface area contributed by atoms with Crippen molar-refractivity contribution in [1.29, 1.82) is 0 Å². The van der Waals surface area contributed by atoms with E-state index in [1.807, 2.05) is 0 Å². The average Bonchev–Trinajstić information content (AvgIpc) is 3.71. The second-order valence-corrected chi connectivity index (χ2v) is 9.29. The number of rotatable bonds is 6. The Morgan fingerprint density at radius 3 is 2.59 bits per heavy atom. The van der Waals surface area contributed by atoms with Gasteiger partial charge in [0.15, 0.2) is 0 Å². The highest BCUT2D eigenvalue weighted by atomic mass is 35.5. The largest absolute Gasteiger partial charge is 0.508 e. The number of anilines is 1. The number of aromatic hydroxyl groups is 1. The lowest BCUT2D eigenvalue weighted by Gasteiger charge is -2.17. The number of fused-ring (bicyclic) bond motifs is 1.